The number of aromatic nitrogens is 1. The van der Waals surface area contributed by atoms with E-state index in [2.05, 4.69) is 16.1 Å². The van der Waals surface area contributed by atoms with Crippen molar-refractivity contribution in [2.24, 2.45) is 0 Å². The van der Waals surface area contributed by atoms with Gasteiger partial charge in [0.1, 0.15) is 0 Å². The van der Waals surface area contributed by atoms with Crippen LogP contribution in [0, 0.1) is 0 Å². The van der Waals surface area contributed by atoms with E-state index < -0.39 is 0 Å². The zero-order valence-corrected chi connectivity index (χ0v) is 15.0. The van der Waals surface area contributed by atoms with Gasteiger partial charge in [0.05, 0.1) is 11.1 Å². The average Bonchev–Trinajstić information content (AvgIpc) is 3.20. The van der Waals surface area contributed by atoms with E-state index in [1.807, 2.05) is 28.8 Å². The molecule has 1 N–H and O–H groups in total. The van der Waals surface area contributed by atoms with Crippen LogP contribution in [-0.2, 0) is 6.54 Å². The highest BCUT2D eigenvalue weighted by Crippen LogP contribution is 2.39. The van der Waals surface area contributed by atoms with Crippen molar-refractivity contribution in [1.82, 2.24) is 9.88 Å². The number of rotatable bonds is 6. The van der Waals surface area contributed by atoms with E-state index in [-0.39, 0.29) is 6.10 Å². The standard InChI is InChI=1S/C18H24N2OS2/c21-16(17-7-3-9-22-17)10-14-6-2-8-20(14)12-15-11-19-18(23-15)13-4-1-5-13/h3,7,9,11,13-14,16,21H,1-2,4-6,8,10,12H2. The Bertz CT molecular complexity index is 621. The van der Waals surface area contributed by atoms with E-state index in [9.17, 15) is 5.11 Å². The van der Waals surface area contributed by atoms with Crippen molar-refractivity contribution < 1.29 is 5.11 Å². The highest BCUT2D eigenvalue weighted by atomic mass is 32.1. The summed E-state index contributed by atoms with van der Waals surface area (Å²) >= 11 is 3.57. The molecular weight excluding hydrogens is 324 g/mol. The van der Waals surface area contributed by atoms with Crippen LogP contribution in [-0.4, -0.2) is 27.6 Å². The molecule has 0 aromatic carbocycles. The van der Waals surface area contributed by atoms with Crippen molar-refractivity contribution in [3.05, 3.63) is 38.5 Å². The van der Waals surface area contributed by atoms with Crippen LogP contribution in [0.3, 0.4) is 0 Å². The molecule has 1 saturated carbocycles. The second kappa shape index (κ2) is 7.01. The van der Waals surface area contributed by atoms with Gasteiger partial charge < -0.3 is 5.11 Å². The maximum absolute atomic E-state index is 10.4. The van der Waals surface area contributed by atoms with E-state index in [4.69, 9.17) is 0 Å². The van der Waals surface area contributed by atoms with Crippen molar-refractivity contribution in [3.8, 4) is 0 Å². The molecule has 23 heavy (non-hydrogen) atoms. The minimum atomic E-state index is -0.312. The zero-order valence-electron chi connectivity index (χ0n) is 13.4. The van der Waals surface area contributed by atoms with Crippen LogP contribution in [0.2, 0.25) is 0 Å². The molecule has 1 saturated heterocycles. The van der Waals surface area contributed by atoms with Gasteiger partial charge in [-0.3, -0.25) is 4.90 Å². The Balaban J connectivity index is 1.36. The van der Waals surface area contributed by atoms with Crippen molar-refractivity contribution in [1.29, 1.82) is 0 Å². The highest BCUT2D eigenvalue weighted by molar-refractivity contribution is 7.11. The molecule has 2 atom stereocenters. The Labute approximate surface area is 146 Å². The van der Waals surface area contributed by atoms with Crippen LogP contribution >= 0.6 is 22.7 Å². The number of hydrogen-bond acceptors (Lipinski definition) is 5. The summed E-state index contributed by atoms with van der Waals surface area (Å²) in [6.07, 6.45) is 9.10. The molecule has 0 radical (unpaired) electrons. The van der Waals surface area contributed by atoms with Gasteiger partial charge in [0.2, 0.25) is 0 Å². The molecule has 0 amide bonds. The van der Waals surface area contributed by atoms with E-state index >= 15 is 0 Å². The summed E-state index contributed by atoms with van der Waals surface area (Å²) in [4.78, 5) is 9.69. The summed E-state index contributed by atoms with van der Waals surface area (Å²) < 4.78 is 0. The Hall–Kier alpha value is -0.750. The molecule has 2 fully saturated rings. The number of thiazole rings is 1. The Morgan fingerprint density at radius 1 is 1.30 bits per heavy atom. The molecule has 1 aliphatic carbocycles. The van der Waals surface area contributed by atoms with Gasteiger partial charge in [-0.15, -0.1) is 22.7 Å². The van der Waals surface area contributed by atoms with Crippen LogP contribution in [0.1, 0.15) is 65.3 Å². The Morgan fingerprint density at radius 2 is 2.22 bits per heavy atom. The summed E-state index contributed by atoms with van der Waals surface area (Å²) in [6, 6.07) is 4.57. The van der Waals surface area contributed by atoms with Gasteiger partial charge in [-0.25, -0.2) is 4.98 Å². The van der Waals surface area contributed by atoms with Gasteiger partial charge in [0, 0.05) is 34.5 Å². The normalized spacial score (nSPS) is 24.0. The largest absolute Gasteiger partial charge is 0.388 e. The topological polar surface area (TPSA) is 36.4 Å². The predicted molar refractivity (Wildman–Crippen MR) is 96.0 cm³/mol. The lowest BCUT2D eigenvalue weighted by atomic mass is 9.86. The third kappa shape index (κ3) is 3.53. The molecule has 2 aromatic rings. The van der Waals surface area contributed by atoms with Crippen molar-refractivity contribution in [2.45, 2.75) is 63.1 Å². The number of hydrogen-bond donors (Lipinski definition) is 1. The fraction of sp³-hybridized carbons (Fsp3) is 0.611. The molecular formula is C18H24N2OS2. The van der Waals surface area contributed by atoms with Crippen LogP contribution in [0.4, 0.5) is 0 Å². The first-order valence-corrected chi connectivity index (χ1v) is 10.4. The number of nitrogens with zero attached hydrogens (tertiary/aromatic N) is 2. The minimum absolute atomic E-state index is 0.312. The first-order chi connectivity index (χ1) is 11.3. The first-order valence-electron chi connectivity index (χ1n) is 8.69. The van der Waals surface area contributed by atoms with E-state index in [1.165, 1.54) is 42.0 Å². The summed E-state index contributed by atoms with van der Waals surface area (Å²) in [7, 11) is 0. The monoisotopic (exact) mass is 348 g/mol. The Kier molecular flexibility index (Phi) is 4.80. The van der Waals surface area contributed by atoms with E-state index in [1.54, 1.807) is 11.3 Å². The van der Waals surface area contributed by atoms with Gasteiger partial charge in [0.15, 0.2) is 0 Å². The third-order valence-corrected chi connectivity index (χ3v) is 7.37. The second-order valence-corrected chi connectivity index (χ2v) is 8.95. The molecule has 124 valence electrons. The summed E-state index contributed by atoms with van der Waals surface area (Å²) in [6.45, 7) is 2.16. The molecule has 0 spiro atoms. The maximum atomic E-state index is 10.4. The van der Waals surface area contributed by atoms with Gasteiger partial charge in [-0.2, -0.15) is 0 Å². The molecule has 0 bridgehead atoms. The number of likely N-dealkylation sites (tertiary alicyclic amines) is 1. The Morgan fingerprint density at radius 3 is 2.96 bits per heavy atom. The predicted octanol–water partition coefficient (Wildman–Crippen LogP) is 4.56. The molecule has 2 aliphatic rings. The minimum Gasteiger partial charge on any atom is -0.388 e. The molecule has 2 unspecified atom stereocenters. The molecule has 1 aliphatic heterocycles. The van der Waals surface area contributed by atoms with Gasteiger partial charge >= 0.3 is 0 Å². The maximum Gasteiger partial charge on any atom is 0.0959 e. The molecule has 4 rings (SSSR count). The molecule has 5 heteroatoms. The first kappa shape index (κ1) is 15.8. The van der Waals surface area contributed by atoms with Gasteiger partial charge in [-0.05, 0) is 50.1 Å². The van der Waals surface area contributed by atoms with Crippen molar-refractivity contribution >= 4 is 22.7 Å². The number of thiophene rings is 1. The van der Waals surface area contributed by atoms with Gasteiger partial charge in [0.25, 0.3) is 0 Å². The van der Waals surface area contributed by atoms with Gasteiger partial charge in [-0.1, -0.05) is 12.5 Å². The zero-order chi connectivity index (χ0) is 15.6. The number of aliphatic hydroxyl groups excluding tert-OH is 1. The van der Waals surface area contributed by atoms with Crippen molar-refractivity contribution in [3.63, 3.8) is 0 Å². The fourth-order valence-electron chi connectivity index (χ4n) is 3.66. The lowest BCUT2D eigenvalue weighted by Crippen LogP contribution is -2.30. The molecule has 3 nitrogen and oxygen atoms in total. The summed E-state index contributed by atoms with van der Waals surface area (Å²) in [5, 5.41) is 13.8. The number of aliphatic hydroxyl groups is 1. The average molecular weight is 349 g/mol. The van der Waals surface area contributed by atoms with Crippen LogP contribution < -0.4 is 0 Å². The highest BCUT2D eigenvalue weighted by Gasteiger charge is 2.28. The van der Waals surface area contributed by atoms with E-state index in [0.29, 0.717) is 6.04 Å². The van der Waals surface area contributed by atoms with Crippen molar-refractivity contribution in [2.75, 3.05) is 6.54 Å². The third-order valence-electron chi connectivity index (χ3n) is 5.25. The quantitative estimate of drug-likeness (QED) is 0.831. The second-order valence-electron chi connectivity index (χ2n) is 6.83. The molecule has 3 heterocycles. The fourth-order valence-corrected chi connectivity index (χ4v) is 5.50. The van der Waals surface area contributed by atoms with Crippen LogP contribution in [0.25, 0.3) is 0 Å². The lowest BCUT2D eigenvalue weighted by Gasteiger charge is -2.25. The lowest BCUT2D eigenvalue weighted by molar-refractivity contribution is 0.121. The van der Waals surface area contributed by atoms with Crippen LogP contribution in [0.15, 0.2) is 23.7 Å². The molecule has 2 aromatic heterocycles. The van der Waals surface area contributed by atoms with Crippen LogP contribution in [0.5, 0.6) is 0 Å². The van der Waals surface area contributed by atoms with E-state index in [0.717, 1.165) is 30.3 Å². The summed E-state index contributed by atoms with van der Waals surface area (Å²) in [5.41, 5.74) is 0. The smallest absolute Gasteiger partial charge is 0.0959 e. The summed E-state index contributed by atoms with van der Waals surface area (Å²) in [5.74, 6) is 0.740. The SMILES string of the molecule is OC(CC1CCCN1Cc1cnc(C2CCC2)s1)c1cccs1.